The van der Waals surface area contributed by atoms with E-state index in [2.05, 4.69) is 11.8 Å². The summed E-state index contributed by atoms with van der Waals surface area (Å²) in [6.07, 6.45) is 0. The molecule has 0 heterocycles. The third-order valence-corrected chi connectivity index (χ3v) is 2.31. The Morgan fingerprint density at radius 3 is 2.12 bits per heavy atom. The van der Waals surface area contributed by atoms with E-state index in [1.54, 1.807) is 18.2 Å². The van der Waals surface area contributed by atoms with Gasteiger partial charge < -0.3 is 10.0 Å². The molecule has 17 heavy (non-hydrogen) atoms. The lowest BCUT2D eigenvalue weighted by molar-refractivity contribution is 0.426. The van der Waals surface area contributed by atoms with E-state index < -0.39 is 7.12 Å². The van der Waals surface area contributed by atoms with Gasteiger partial charge in [0, 0.05) is 11.1 Å². The first kappa shape index (κ1) is 11.5. The molecule has 0 spiro atoms. The maximum absolute atomic E-state index is 9.04. The second-order valence-electron chi connectivity index (χ2n) is 3.62. The first-order valence-corrected chi connectivity index (χ1v) is 5.29. The van der Waals surface area contributed by atoms with Crippen LogP contribution < -0.4 is 5.46 Å². The van der Waals surface area contributed by atoms with E-state index in [4.69, 9.17) is 10.0 Å². The predicted octanol–water partition coefficient (Wildman–Crippen LogP) is 0.766. The molecule has 2 rings (SSSR count). The molecule has 0 aromatic heterocycles. The Balaban J connectivity index is 2.25. The zero-order valence-electron chi connectivity index (χ0n) is 9.17. The number of hydrogen-bond acceptors (Lipinski definition) is 2. The molecule has 0 aliphatic heterocycles. The average molecular weight is 222 g/mol. The topological polar surface area (TPSA) is 40.5 Å². The summed E-state index contributed by atoms with van der Waals surface area (Å²) >= 11 is 0. The summed E-state index contributed by atoms with van der Waals surface area (Å²) < 4.78 is 0. The Labute approximate surface area is 101 Å². The van der Waals surface area contributed by atoms with Crippen LogP contribution in [0.25, 0.3) is 0 Å². The summed E-state index contributed by atoms with van der Waals surface area (Å²) in [7, 11) is -1.45. The monoisotopic (exact) mass is 222 g/mol. The van der Waals surface area contributed by atoms with Crippen LogP contribution in [0.1, 0.15) is 11.1 Å². The van der Waals surface area contributed by atoms with Crippen molar-refractivity contribution < 1.29 is 10.0 Å². The third kappa shape index (κ3) is 3.22. The minimum absolute atomic E-state index is 0.449. The molecule has 2 N–H and O–H groups in total. The number of rotatable bonds is 1. The Hall–Kier alpha value is -2.02. The van der Waals surface area contributed by atoms with Crippen molar-refractivity contribution in [2.24, 2.45) is 0 Å². The fourth-order valence-corrected chi connectivity index (χ4v) is 1.44. The maximum Gasteiger partial charge on any atom is 0.488 e. The first-order valence-electron chi connectivity index (χ1n) is 5.29. The molecule has 0 atom stereocenters. The summed E-state index contributed by atoms with van der Waals surface area (Å²) in [6, 6.07) is 16.6. The molecule has 82 valence electrons. The summed E-state index contributed by atoms with van der Waals surface area (Å²) in [4.78, 5) is 0. The second kappa shape index (κ2) is 5.35. The van der Waals surface area contributed by atoms with Gasteiger partial charge >= 0.3 is 7.12 Å². The van der Waals surface area contributed by atoms with Crippen molar-refractivity contribution in [1.82, 2.24) is 0 Å². The molecule has 0 aliphatic rings. The van der Waals surface area contributed by atoms with Gasteiger partial charge in [-0.2, -0.15) is 0 Å². The standard InChI is InChI=1S/C14H11BO2/c16-15(17)14-8-4-7-13(11-14)10-9-12-5-2-1-3-6-12/h1-8,11,16-17H. The van der Waals surface area contributed by atoms with Crippen molar-refractivity contribution in [3.63, 3.8) is 0 Å². The minimum Gasteiger partial charge on any atom is -0.423 e. The van der Waals surface area contributed by atoms with Gasteiger partial charge in [0.1, 0.15) is 0 Å². The quantitative estimate of drug-likeness (QED) is 0.552. The average Bonchev–Trinajstić information content (AvgIpc) is 2.38. The zero-order chi connectivity index (χ0) is 12.1. The van der Waals surface area contributed by atoms with Crippen molar-refractivity contribution in [3.05, 3.63) is 65.7 Å². The molecule has 0 unspecified atom stereocenters. The van der Waals surface area contributed by atoms with Crippen molar-refractivity contribution in [3.8, 4) is 11.8 Å². The molecule has 0 saturated carbocycles. The molecule has 2 aromatic carbocycles. The van der Waals surface area contributed by atoms with Crippen LogP contribution in [0.3, 0.4) is 0 Å². The predicted molar refractivity (Wildman–Crippen MR) is 68.7 cm³/mol. The van der Waals surface area contributed by atoms with Crippen molar-refractivity contribution in [1.29, 1.82) is 0 Å². The second-order valence-corrected chi connectivity index (χ2v) is 3.62. The van der Waals surface area contributed by atoms with Crippen molar-refractivity contribution in [2.75, 3.05) is 0 Å². The summed E-state index contributed by atoms with van der Waals surface area (Å²) in [5.74, 6) is 6.00. The Morgan fingerprint density at radius 1 is 0.765 bits per heavy atom. The van der Waals surface area contributed by atoms with E-state index in [0.29, 0.717) is 5.46 Å². The van der Waals surface area contributed by atoms with Gasteiger partial charge in [-0.1, -0.05) is 42.2 Å². The van der Waals surface area contributed by atoms with E-state index in [1.165, 1.54) is 0 Å². The van der Waals surface area contributed by atoms with Crippen LogP contribution in [-0.4, -0.2) is 17.2 Å². The lowest BCUT2D eigenvalue weighted by Crippen LogP contribution is -2.29. The largest absolute Gasteiger partial charge is 0.488 e. The van der Waals surface area contributed by atoms with Gasteiger partial charge in [0.25, 0.3) is 0 Å². The smallest absolute Gasteiger partial charge is 0.423 e. The SMILES string of the molecule is OB(O)c1cccc(C#Cc2ccccc2)c1. The zero-order valence-corrected chi connectivity index (χ0v) is 9.17. The van der Waals surface area contributed by atoms with Gasteiger partial charge in [-0.25, -0.2) is 0 Å². The fraction of sp³-hybridized carbons (Fsp3) is 0. The van der Waals surface area contributed by atoms with Gasteiger partial charge in [-0.15, -0.1) is 0 Å². The molecule has 2 nitrogen and oxygen atoms in total. The molecule has 0 amide bonds. The van der Waals surface area contributed by atoms with Crippen LogP contribution in [0.5, 0.6) is 0 Å². The first-order chi connectivity index (χ1) is 8.25. The van der Waals surface area contributed by atoms with Crippen molar-refractivity contribution in [2.45, 2.75) is 0 Å². The highest BCUT2D eigenvalue weighted by atomic mass is 16.4. The highest BCUT2D eigenvalue weighted by molar-refractivity contribution is 6.58. The minimum atomic E-state index is -1.45. The van der Waals surface area contributed by atoms with Crippen LogP contribution in [0.4, 0.5) is 0 Å². The Bertz CT molecular complexity index is 553. The van der Waals surface area contributed by atoms with Crippen LogP contribution in [0.2, 0.25) is 0 Å². The van der Waals surface area contributed by atoms with E-state index in [9.17, 15) is 0 Å². The molecule has 3 heteroatoms. The molecular formula is C14H11BO2. The molecule has 0 saturated heterocycles. The fourth-order valence-electron chi connectivity index (χ4n) is 1.44. The summed E-state index contributed by atoms with van der Waals surface area (Å²) in [6.45, 7) is 0. The third-order valence-electron chi connectivity index (χ3n) is 2.31. The van der Waals surface area contributed by atoms with Gasteiger partial charge in [-0.05, 0) is 29.7 Å². The number of hydrogen-bond donors (Lipinski definition) is 2. The highest BCUT2D eigenvalue weighted by Crippen LogP contribution is 1.98. The summed E-state index contributed by atoms with van der Waals surface area (Å²) in [5.41, 5.74) is 2.15. The van der Waals surface area contributed by atoms with E-state index in [0.717, 1.165) is 11.1 Å². The van der Waals surface area contributed by atoms with Crippen LogP contribution in [-0.2, 0) is 0 Å². The molecule has 2 aromatic rings. The highest BCUT2D eigenvalue weighted by Gasteiger charge is 2.09. The van der Waals surface area contributed by atoms with Crippen LogP contribution in [0, 0.1) is 11.8 Å². The lowest BCUT2D eigenvalue weighted by Gasteiger charge is -1.98. The molecular weight excluding hydrogens is 211 g/mol. The van der Waals surface area contributed by atoms with Gasteiger partial charge in [-0.3, -0.25) is 0 Å². The van der Waals surface area contributed by atoms with E-state index >= 15 is 0 Å². The van der Waals surface area contributed by atoms with Crippen LogP contribution >= 0.6 is 0 Å². The van der Waals surface area contributed by atoms with Gasteiger partial charge in [0.15, 0.2) is 0 Å². The molecule has 0 radical (unpaired) electrons. The summed E-state index contributed by atoms with van der Waals surface area (Å²) in [5, 5.41) is 18.1. The number of benzene rings is 2. The maximum atomic E-state index is 9.04. The van der Waals surface area contributed by atoms with Gasteiger partial charge in [0.2, 0.25) is 0 Å². The molecule has 0 bridgehead atoms. The molecule has 0 aliphatic carbocycles. The van der Waals surface area contributed by atoms with Crippen molar-refractivity contribution >= 4 is 12.6 Å². The van der Waals surface area contributed by atoms with E-state index in [-0.39, 0.29) is 0 Å². The normalized spacial score (nSPS) is 9.29. The molecule has 0 fully saturated rings. The Kier molecular flexibility index (Phi) is 3.61. The lowest BCUT2D eigenvalue weighted by atomic mass is 9.80. The van der Waals surface area contributed by atoms with Crippen LogP contribution in [0.15, 0.2) is 54.6 Å². The Morgan fingerprint density at radius 2 is 1.41 bits per heavy atom. The van der Waals surface area contributed by atoms with E-state index in [1.807, 2.05) is 36.4 Å². The van der Waals surface area contributed by atoms with Gasteiger partial charge in [0.05, 0.1) is 0 Å².